The van der Waals surface area contributed by atoms with Crippen molar-refractivity contribution in [3.8, 4) is 0 Å². The Morgan fingerprint density at radius 1 is 1.53 bits per heavy atom. The molecule has 94 valence electrons. The van der Waals surface area contributed by atoms with E-state index in [1.54, 1.807) is 6.20 Å². The third-order valence-electron chi connectivity index (χ3n) is 2.74. The molecule has 0 fully saturated rings. The van der Waals surface area contributed by atoms with Crippen molar-refractivity contribution in [1.29, 1.82) is 0 Å². The Hall–Kier alpha value is -1.85. The molecule has 1 atom stereocenters. The number of anilines is 1. The van der Waals surface area contributed by atoms with Gasteiger partial charge in [-0.25, -0.2) is 9.97 Å². The van der Waals surface area contributed by atoms with Crippen LogP contribution in [0.2, 0.25) is 0 Å². The van der Waals surface area contributed by atoms with Crippen LogP contribution in [0.4, 0.5) is 5.82 Å². The van der Waals surface area contributed by atoms with Crippen molar-refractivity contribution in [3.05, 3.63) is 18.1 Å². The van der Waals surface area contributed by atoms with Crippen molar-refractivity contribution in [2.45, 2.75) is 32.7 Å². The summed E-state index contributed by atoms with van der Waals surface area (Å²) in [6.07, 6.45) is 5.35. The van der Waals surface area contributed by atoms with Gasteiger partial charge in [-0.3, -0.25) is 0 Å². The number of rotatable bonds is 5. The molecule has 1 heterocycles. The molecule has 0 aliphatic rings. The SMILES string of the molecule is CCCC(C)N(C)c1cnc(C(N)=NO)cn1. The summed E-state index contributed by atoms with van der Waals surface area (Å²) >= 11 is 0. The maximum Gasteiger partial charge on any atom is 0.190 e. The van der Waals surface area contributed by atoms with Crippen LogP contribution in [0.25, 0.3) is 0 Å². The summed E-state index contributed by atoms with van der Waals surface area (Å²) < 4.78 is 0. The topological polar surface area (TPSA) is 87.6 Å². The lowest BCUT2D eigenvalue weighted by molar-refractivity contribution is 0.318. The second-order valence-corrected chi connectivity index (χ2v) is 3.99. The minimum atomic E-state index is -0.0340. The molecule has 0 spiro atoms. The molecule has 1 aromatic heterocycles. The van der Waals surface area contributed by atoms with Crippen LogP contribution in [-0.2, 0) is 0 Å². The van der Waals surface area contributed by atoms with Gasteiger partial charge in [0.1, 0.15) is 11.5 Å². The van der Waals surface area contributed by atoms with Crippen LogP contribution in [0, 0.1) is 0 Å². The smallest absolute Gasteiger partial charge is 0.190 e. The van der Waals surface area contributed by atoms with E-state index in [2.05, 4.69) is 33.9 Å². The lowest BCUT2D eigenvalue weighted by atomic mass is 10.2. The molecule has 1 aromatic rings. The van der Waals surface area contributed by atoms with E-state index < -0.39 is 0 Å². The van der Waals surface area contributed by atoms with Gasteiger partial charge < -0.3 is 15.8 Å². The number of nitrogens with zero attached hydrogens (tertiary/aromatic N) is 4. The van der Waals surface area contributed by atoms with Crippen LogP contribution in [0.1, 0.15) is 32.4 Å². The van der Waals surface area contributed by atoms with Gasteiger partial charge in [-0.2, -0.15) is 0 Å². The summed E-state index contributed by atoms with van der Waals surface area (Å²) in [7, 11) is 1.98. The molecular formula is C11H19N5O. The predicted molar refractivity (Wildman–Crippen MR) is 67.3 cm³/mol. The van der Waals surface area contributed by atoms with Crippen molar-refractivity contribution in [2.24, 2.45) is 10.9 Å². The fraction of sp³-hybridized carbons (Fsp3) is 0.545. The third-order valence-corrected chi connectivity index (χ3v) is 2.74. The van der Waals surface area contributed by atoms with E-state index in [9.17, 15) is 0 Å². The maximum atomic E-state index is 8.51. The van der Waals surface area contributed by atoms with Crippen molar-refractivity contribution in [3.63, 3.8) is 0 Å². The van der Waals surface area contributed by atoms with Gasteiger partial charge in [-0.1, -0.05) is 18.5 Å². The Morgan fingerprint density at radius 3 is 2.71 bits per heavy atom. The van der Waals surface area contributed by atoms with Gasteiger partial charge in [0.15, 0.2) is 5.84 Å². The molecule has 0 radical (unpaired) electrons. The van der Waals surface area contributed by atoms with E-state index in [0.29, 0.717) is 11.7 Å². The number of amidine groups is 1. The molecule has 1 rings (SSSR count). The van der Waals surface area contributed by atoms with Crippen LogP contribution in [0.5, 0.6) is 0 Å². The van der Waals surface area contributed by atoms with Crippen molar-refractivity contribution in [2.75, 3.05) is 11.9 Å². The molecule has 0 saturated heterocycles. The first-order chi connectivity index (χ1) is 8.10. The average molecular weight is 237 g/mol. The van der Waals surface area contributed by atoms with Gasteiger partial charge >= 0.3 is 0 Å². The molecule has 3 N–H and O–H groups in total. The Bertz CT molecular complexity index is 376. The first-order valence-corrected chi connectivity index (χ1v) is 5.62. The molecule has 0 aliphatic heterocycles. The van der Waals surface area contributed by atoms with Gasteiger partial charge in [0.25, 0.3) is 0 Å². The summed E-state index contributed by atoms with van der Waals surface area (Å²) in [6, 6.07) is 0.406. The van der Waals surface area contributed by atoms with E-state index in [1.807, 2.05) is 7.05 Å². The molecule has 0 saturated carbocycles. The Kier molecular flexibility index (Phi) is 4.68. The molecule has 17 heavy (non-hydrogen) atoms. The zero-order valence-electron chi connectivity index (χ0n) is 10.5. The summed E-state index contributed by atoms with van der Waals surface area (Å²) in [6.45, 7) is 4.29. The Morgan fingerprint density at radius 2 is 2.24 bits per heavy atom. The maximum absolute atomic E-state index is 8.51. The molecule has 1 unspecified atom stereocenters. The van der Waals surface area contributed by atoms with E-state index in [0.717, 1.165) is 18.7 Å². The van der Waals surface area contributed by atoms with Gasteiger partial charge in [-0.05, 0) is 13.3 Å². The molecular weight excluding hydrogens is 218 g/mol. The Balaban J connectivity index is 2.80. The monoisotopic (exact) mass is 237 g/mol. The quantitative estimate of drug-likeness (QED) is 0.347. The largest absolute Gasteiger partial charge is 0.409 e. The second kappa shape index (κ2) is 6.03. The molecule has 0 aromatic carbocycles. The van der Waals surface area contributed by atoms with E-state index in [4.69, 9.17) is 10.9 Å². The van der Waals surface area contributed by atoms with Crippen LogP contribution < -0.4 is 10.6 Å². The summed E-state index contributed by atoms with van der Waals surface area (Å²) in [5.74, 6) is 0.744. The highest BCUT2D eigenvalue weighted by atomic mass is 16.4. The highest BCUT2D eigenvalue weighted by Gasteiger charge is 2.11. The minimum Gasteiger partial charge on any atom is -0.409 e. The highest BCUT2D eigenvalue weighted by molar-refractivity contribution is 5.94. The highest BCUT2D eigenvalue weighted by Crippen LogP contribution is 2.13. The van der Waals surface area contributed by atoms with Crippen LogP contribution in [0.3, 0.4) is 0 Å². The zero-order chi connectivity index (χ0) is 12.8. The van der Waals surface area contributed by atoms with Crippen molar-refractivity contribution < 1.29 is 5.21 Å². The van der Waals surface area contributed by atoms with E-state index in [1.165, 1.54) is 6.20 Å². The van der Waals surface area contributed by atoms with Gasteiger partial charge in [0.2, 0.25) is 0 Å². The number of hydrogen-bond donors (Lipinski definition) is 2. The van der Waals surface area contributed by atoms with Crippen molar-refractivity contribution >= 4 is 11.7 Å². The average Bonchev–Trinajstić information content (AvgIpc) is 2.37. The van der Waals surface area contributed by atoms with E-state index >= 15 is 0 Å². The zero-order valence-corrected chi connectivity index (χ0v) is 10.5. The molecule has 0 bridgehead atoms. The van der Waals surface area contributed by atoms with Gasteiger partial charge in [0, 0.05) is 13.1 Å². The Labute approximate surface area is 101 Å². The molecule has 0 amide bonds. The minimum absolute atomic E-state index is 0.0340. The van der Waals surface area contributed by atoms with Crippen LogP contribution in [0.15, 0.2) is 17.5 Å². The fourth-order valence-corrected chi connectivity index (χ4v) is 1.52. The number of nitrogens with two attached hydrogens (primary N) is 1. The number of hydrogen-bond acceptors (Lipinski definition) is 5. The van der Waals surface area contributed by atoms with Crippen LogP contribution >= 0.6 is 0 Å². The lowest BCUT2D eigenvalue weighted by Gasteiger charge is -2.25. The second-order valence-electron chi connectivity index (χ2n) is 3.99. The third kappa shape index (κ3) is 3.30. The molecule has 0 aliphatic carbocycles. The normalized spacial score (nSPS) is 13.5. The van der Waals surface area contributed by atoms with Crippen LogP contribution in [-0.4, -0.2) is 34.1 Å². The lowest BCUT2D eigenvalue weighted by Crippen LogP contribution is -2.29. The summed E-state index contributed by atoms with van der Waals surface area (Å²) in [5.41, 5.74) is 5.78. The number of oxime groups is 1. The predicted octanol–water partition coefficient (Wildman–Crippen LogP) is 1.20. The van der Waals surface area contributed by atoms with E-state index in [-0.39, 0.29) is 5.84 Å². The molecule has 6 nitrogen and oxygen atoms in total. The fourth-order valence-electron chi connectivity index (χ4n) is 1.52. The summed E-state index contributed by atoms with van der Waals surface area (Å²) in [4.78, 5) is 10.4. The van der Waals surface area contributed by atoms with Crippen molar-refractivity contribution in [1.82, 2.24) is 9.97 Å². The first-order valence-electron chi connectivity index (χ1n) is 5.62. The van der Waals surface area contributed by atoms with Gasteiger partial charge in [-0.15, -0.1) is 0 Å². The number of aromatic nitrogens is 2. The summed E-state index contributed by atoms with van der Waals surface area (Å²) in [5, 5.41) is 11.4. The van der Waals surface area contributed by atoms with Gasteiger partial charge in [0.05, 0.1) is 12.4 Å². The standard InChI is InChI=1S/C11H19N5O/c1-4-5-8(2)16(3)10-7-13-9(6-14-10)11(12)15-17/h6-8,17H,4-5H2,1-3H3,(H2,12,15). The molecule has 6 heteroatoms. The first kappa shape index (κ1) is 13.2.